The molecule has 0 bridgehead atoms. The van der Waals surface area contributed by atoms with Crippen LogP contribution in [0.1, 0.15) is 24.9 Å². The number of carbonyl (C=O) groups excluding carboxylic acids is 2. The summed E-state index contributed by atoms with van der Waals surface area (Å²) in [6.45, 7) is 1.83. The second-order valence-corrected chi connectivity index (χ2v) is 6.34. The van der Waals surface area contributed by atoms with Crippen molar-refractivity contribution >= 4 is 29.1 Å². The van der Waals surface area contributed by atoms with Crippen molar-refractivity contribution in [3.8, 4) is 6.07 Å². The molecule has 1 aliphatic rings. The zero-order valence-corrected chi connectivity index (χ0v) is 16.2. The number of aliphatic imine (C=N–C) groups is 1. The molecule has 0 amide bonds. The van der Waals surface area contributed by atoms with Crippen molar-refractivity contribution in [3.05, 3.63) is 60.2 Å². The molecule has 0 aromatic heterocycles. The van der Waals surface area contributed by atoms with Crippen LogP contribution < -0.4 is 4.90 Å². The number of para-hydroxylation sites is 2. The van der Waals surface area contributed by atoms with E-state index in [1.54, 1.807) is 17.9 Å². The summed E-state index contributed by atoms with van der Waals surface area (Å²) in [5, 5.41) is 9.75. The number of hydrogen-bond acceptors (Lipinski definition) is 7. The molecule has 2 unspecified atom stereocenters. The highest BCUT2D eigenvalue weighted by Gasteiger charge is 2.39. The van der Waals surface area contributed by atoms with Crippen molar-refractivity contribution in [1.82, 2.24) is 0 Å². The SMILES string of the molecule is CCOC(=O)C(C#N)C1=Nc2ccccc2C(CC(=O)OC)N1c1ccccc1. The van der Waals surface area contributed by atoms with Gasteiger partial charge in [0.25, 0.3) is 0 Å². The second kappa shape index (κ2) is 9.02. The third-order valence-corrected chi connectivity index (χ3v) is 4.62. The van der Waals surface area contributed by atoms with Crippen LogP contribution in [0.2, 0.25) is 0 Å². The van der Waals surface area contributed by atoms with Gasteiger partial charge in [0.15, 0.2) is 0 Å². The van der Waals surface area contributed by atoms with Crippen LogP contribution in [0.3, 0.4) is 0 Å². The molecule has 2 aromatic rings. The van der Waals surface area contributed by atoms with Crippen LogP contribution in [0.4, 0.5) is 11.4 Å². The first-order chi connectivity index (χ1) is 14.1. The van der Waals surface area contributed by atoms with Gasteiger partial charge in [-0.05, 0) is 25.1 Å². The summed E-state index contributed by atoms with van der Waals surface area (Å²) >= 11 is 0. The van der Waals surface area contributed by atoms with E-state index in [2.05, 4.69) is 4.99 Å². The van der Waals surface area contributed by atoms with E-state index in [0.29, 0.717) is 11.4 Å². The van der Waals surface area contributed by atoms with Crippen molar-refractivity contribution in [2.45, 2.75) is 19.4 Å². The van der Waals surface area contributed by atoms with Gasteiger partial charge in [-0.15, -0.1) is 0 Å². The number of nitriles is 1. The normalized spacial score (nSPS) is 16.1. The molecule has 0 spiro atoms. The van der Waals surface area contributed by atoms with E-state index in [4.69, 9.17) is 9.47 Å². The Morgan fingerprint density at radius 1 is 1.17 bits per heavy atom. The summed E-state index contributed by atoms with van der Waals surface area (Å²) in [7, 11) is 1.33. The lowest BCUT2D eigenvalue weighted by Gasteiger charge is -2.38. The molecule has 148 valence electrons. The van der Waals surface area contributed by atoms with Crippen molar-refractivity contribution in [2.24, 2.45) is 10.9 Å². The van der Waals surface area contributed by atoms with Crippen LogP contribution in [0.15, 0.2) is 59.6 Å². The molecular weight excluding hydrogens is 370 g/mol. The van der Waals surface area contributed by atoms with E-state index in [1.807, 2.05) is 54.6 Å². The number of fused-ring (bicyclic) bond motifs is 1. The molecule has 0 aliphatic carbocycles. The number of methoxy groups -OCH3 is 1. The number of nitrogens with zero attached hydrogens (tertiary/aromatic N) is 3. The van der Waals surface area contributed by atoms with Gasteiger partial charge in [-0.3, -0.25) is 9.59 Å². The summed E-state index contributed by atoms with van der Waals surface area (Å²) in [5.41, 5.74) is 2.12. The number of amidine groups is 1. The standard InChI is InChI=1S/C22H21N3O4/c1-3-29-22(27)17(14-23)21-24-18-12-8-7-11-16(18)19(13-20(26)28-2)25(21)15-9-5-4-6-10-15/h4-12,17,19H,3,13H2,1-2H3. The second-order valence-electron chi connectivity index (χ2n) is 6.34. The maximum atomic E-state index is 12.5. The van der Waals surface area contributed by atoms with E-state index >= 15 is 0 Å². The summed E-state index contributed by atoms with van der Waals surface area (Å²) in [6, 6.07) is 18.1. The van der Waals surface area contributed by atoms with Gasteiger partial charge in [0.05, 0.1) is 37.9 Å². The number of ether oxygens (including phenoxy) is 2. The van der Waals surface area contributed by atoms with Crippen LogP contribution in [0, 0.1) is 17.2 Å². The molecule has 2 aromatic carbocycles. The first kappa shape index (κ1) is 20.1. The minimum absolute atomic E-state index is 0.0302. The van der Waals surface area contributed by atoms with Gasteiger partial charge in [-0.25, -0.2) is 4.99 Å². The average molecular weight is 391 g/mol. The maximum absolute atomic E-state index is 12.5. The van der Waals surface area contributed by atoms with Crippen molar-refractivity contribution < 1.29 is 19.1 Å². The summed E-state index contributed by atoms with van der Waals surface area (Å²) in [6.07, 6.45) is 0.0302. The fraction of sp³-hybridized carbons (Fsp3) is 0.273. The molecule has 7 heteroatoms. The zero-order chi connectivity index (χ0) is 20.8. The largest absolute Gasteiger partial charge is 0.469 e. The lowest BCUT2D eigenvalue weighted by molar-refractivity contribution is -0.144. The molecule has 0 saturated heterocycles. The van der Waals surface area contributed by atoms with Gasteiger partial charge < -0.3 is 14.4 Å². The predicted molar refractivity (Wildman–Crippen MR) is 108 cm³/mol. The van der Waals surface area contributed by atoms with Gasteiger partial charge in [-0.2, -0.15) is 5.26 Å². The Morgan fingerprint density at radius 2 is 1.86 bits per heavy atom. The van der Waals surface area contributed by atoms with Crippen LogP contribution in [-0.4, -0.2) is 31.5 Å². The molecule has 2 atom stereocenters. The lowest BCUT2D eigenvalue weighted by atomic mass is 9.94. The molecule has 0 saturated carbocycles. The van der Waals surface area contributed by atoms with Gasteiger partial charge in [0.1, 0.15) is 5.84 Å². The van der Waals surface area contributed by atoms with Crippen LogP contribution in [-0.2, 0) is 19.1 Å². The van der Waals surface area contributed by atoms with Gasteiger partial charge in [0.2, 0.25) is 5.92 Å². The Bertz CT molecular complexity index is 966. The molecule has 1 heterocycles. The van der Waals surface area contributed by atoms with Gasteiger partial charge >= 0.3 is 11.9 Å². The average Bonchev–Trinajstić information content (AvgIpc) is 2.75. The number of anilines is 1. The number of carbonyl (C=O) groups is 2. The summed E-state index contributed by atoms with van der Waals surface area (Å²) in [5.74, 6) is -2.09. The van der Waals surface area contributed by atoms with Crippen molar-refractivity contribution in [3.63, 3.8) is 0 Å². The highest BCUT2D eigenvalue weighted by molar-refractivity contribution is 6.13. The Hall–Kier alpha value is -3.66. The highest BCUT2D eigenvalue weighted by atomic mass is 16.5. The quantitative estimate of drug-likeness (QED) is 0.700. The molecule has 7 nitrogen and oxygen atoms in total. The molecule has 29 heavy (non-hydrogen) atoms. The molecular formula is C22H21N3O4. The smallest absolute Gasteiger partial charge is 0.331 e. The molecule has 0 N–H and O–H groups in total. The first-order valence-corrected chi connectivity index (χ1v) is 9.25. The van der Waals surface area contributed by atoms with Gasteiger partial charge in [0, 0.05) is 11.3 Å². The number of benzene rings is 2. The topological polar surface area (TPSA) is 92.0 Å². The van der Waals surface area contributed by atoms with E-state index in [1.165, 1.54) is 7.11 Å². The van der Waals surface area contributed by atoms with Crippen molar-refractivity contribution in [1.29, 1.82) is 5.26 Å². The Morgan fingerprint density at radius 3 is 2.52 bits per heavy atom. The minimum atomic E-state index is -1.23. The number of esters is 2. The fourth-order valence-electron chi connectivity index (χ4n) is 3.34. The zero-order valence-electron chi connectivity index (χ0n) is 16.2. The fourth-order valence-corrected chi connectivity index (χ4v) is 3.34. The van der Waals surface area contributed by atoms with Crippen LogP contribution in [0.5, 0.6) is 0 Å². The van der Waals surface area contributed by atoms with Crippen LogP contribution >= 0.6 is 0 Å². The molecule has 0 fully saturated rings. The van der Waals surface area contributed by atoms with E-state index in [9.17, 15) is 14.9 Å². The van der Waals surface area contributed by atoms with E-state index in [-0.39, 0.29) is 18.9 Å². The monoisotopic (exact) mass is 391 g/mol. The predicted octanol–water partition coefficient (Wildman–Crippen LogP) is 3.54. The van der Waals surface area contributed by atoms with Crippen molar-refractivity contribution in [2.75, 3.05) is 18.6 Å². The minimum Gasteiger partial charge on any atom is -0.469 e. The molecule has 0 radical (unpaired) electrons. The highest BCUT2D eigenvalue weighted by Crippen LogP contribution is 2.41. The third kappa shape index (κ3) is 4.11. The van der Waals surface area contributed by atoms with Crippen LogP contribution in [0.25, 0.3) is 0 Å². The molecule has 1 aliphatic heterocycles. The Balaban J connectivity index is 2.20. The summed E-state index contributed by atoms with van der Waals surface area (Å²) in [4.78, 5) is 31.1. The summed E-state index contributed by atoms with van der Waals surface area (Å²) < 4.78 is 10.00. The number of rotatable bonds is 6. The third-order valence-electron chi connectivity index (χ3n) is 4.62. The number of hydrogen-bond donors (Lipinski definition) is 0. The lowest BCUT2D eigenvalue weighted by Crippen LogP contribution is -2.44. The Kier molecular flexibility index (Phi) is 6.25. The molecule has 3 rings (SSSR count). The van der Waals surface area contributed by atoms with E-state index in [0.717, 1.165) is 5.56 Å². The van der Waals surface area contributed by atoms with E-state index < -0.39 is 23.9 Å². The first-order valence-electron chi connectivity index (χ1n) is 9.25. The van der Waals surface area contributed by atoms with Gasteiger partial charge in [-0.1, -0.05) is 36.4 Å². The maximum Gasteiger partial charge on any atom is 0.331 e. The Labute approximate surface area is 169 Å².